The Morgan fingerprint density at radius 1 is 1.09 bits per heavy atom. The average Bonchev–Trinajstić information content (AvgIpc) is 2.99. The van der Waals surface area contributed by atoms with Gasteiger partial charge in [-0.1, -0.05) is 29.8 Å². The molecule has 0 radical (unpaired) electrons. The third kappa shape index (κ3) is 4.70. The molecule has 1 aromatic heterocycles. The van der Waals surface area contributed by atoms with Gasteiger partial charge in [-0.2, -0.15) is 0 Å². The quantitative estimate of drug-likeness (QED) is 0.900. The van der Waals surface area contributed by atoms with Gasteiger partial charge in [0.25, 0.3) is 0 Å². The van der Waals surface area contributed by atoms with Gasteiger partial charge in [-0.05, 0) is 24.3 Å². The first kappa shape index (κ1) is 16.3. The topological polar surface area (TPSA) is 35.6 Å². The smallest absolute Gasteiger partial charge is 0.241 e. The first-order valence-electron chi connectivity index (χ1n) is 7.74. The number of amides is 1. The standard InChI is InChI=1S/C17H20ClN3OS/c18-16-7-6-15(23-16)13-20-8-10-21(11-9-20)17(22)12-19-14-4-2-1-3-5-14/h1-7,19H,8-13H2. The molecule has 122 valence electrons. The second-order valence-corrected chi connectivity index (χ2v) is 7.38. The van der Waals surface area contributed by atoms with E-state index in [1.807, 2.05) is 41.3 Å². The summed E-state index contributed by atoms with van der Waals surface area (Å²) >= 11 is 7.60. The van der Waals surface area contributed by atoms with Crippen molar-refractivity contribution in [3.8, 4) is 0 Å². The predicted octanol–water partition coefficient (Wildman–Crippen LogP) is 3.16. The fourth-order valence-electron chi connectivity index (χ4n) is 2.66. The Bertz CT molecular complexity index is 638. The number of para-hydroxylation sites is 1. The second kappa shape index (κ2) is 7.81. The van der Waals surface area contributed by atoms with Gasteiger partial charge in [-0.25, -0.2) is 0 Å². The van der Waals surface area contributed by atoms with Crippen LogP contribution in [0.3, 0.4) is 0 Å². The maximum Gasteiger partial charge on any atom is 0.241 e. The van der Waals surface area contributed by atoms with E-state index in [1.54, 1.807) is 11.3 Å². The SMILES string of the molecule is O=C(CNc1ccccc1)N1CCN(Cc2ccc(Cl)s2)CC1. The normalized spacial score (nSPS) is 15.6. The molecule has 4 nitrogen and oxygen atoms in total. The zero-order valence-corrected chi connectivity index (χ0v) is 14.4. The van der Waals surface area contributed by atoms with Crippen LogP contribution in [-0.4, -0.2) is 48.4 Å². The molecule has 6 heteroatoms. The van der Waals surface area contributed by atoms with Crippen molar-refractivity contribution in [2.24, 2.45) is 0 Å². The van der Waals surface area contributed by atoms with Crippen LogP contribution in [0.2, 0.25) is 4.34 Å². The van der Waals surface area contributed by atoms with Crippen molar-refractivity contribution in [2.45, 2.75) is 6.54 Å². The van der Waals surface area contributed by atoms with Gasteiger partial charge in [0.15, 0.2) is 0 Å². The summed E-state index contributed by atoms with van der Waals surface area (Å²) in [5, 5.41) is 3.18. The van der Waals surface area contributed by atoms with Crippen LogP contribution in [0, 0.1) is 0 Å². The lowest BCUT2D eigenvalue weighted by atomic mass is 10.3. The number of hydrogen-bond acceptors (Lipinski definition) is 4. The Morgan fingerprint density at radius 2 is 1.83 bits per heavy atom. The van der Waals surface area contributed by atoms with Crippen molar-refractivity contribution in [1.29, 1.82) is 0 Å². The monoisotopic (exact) mass is 349 g/mol. The lowest BCUT2D eigenvalue weighted by molar-refractivity contribution is -0.131. The van der Waals surface area contributed by atoms with Crippen LogP contribution >= 0.6 is 22.9 Å². The molecular formula is C17H20ClN3OS. The molecule has 23 heavy (non-hydrogen) atoms. The third-order valence-electron chi connectivity index (χ3n) is 3.95. The number of thiophene rings is 1. The number of carbonyl (C=O) groups excluding carboxylic acids is 1. The van der Waals surface area contributed by atoms with Crippen LogP contribution < -0.4 is 5.32 Å². The average molecular weight is 350 g/mol. The number of hydrogen-bond donors (Lipinski definition) is 1. The van der Waals surface area contributed by atoms with Crippen molar-refractivity contribution in [3.63, 3.8) is 0 Å². The third-order valence-corrected chi connectivity index (χ3v) is 5.17. The fourth-order valence-corrected chi connectivity index (χ4v) is 3.79. The van der Waals surface area contributed by atoms with E-state index in [9.17, 15) is 4.79 Å². The van der Waals surface area contributed by atoms with Crippen LogP contribution in [-0.2, 0) is 11.3 Å². The number of anilines is 1. The second-order valence-electron chi connectivity index (χ2n) is 5.58. The van der Waals surface area contributed by atoms with E-state index in [1.165, 1.54) is 4.88 Å². The zero-order chi connectivity index (χ0) is 16.1. The van der Waals surface area contributed by atoms with Crippen LogP contribution in [0.1, 0.15) is 4.88 Å². The van der Waals surface area contributed by atoms with Gasteiger partial charge in [0.1, 0.15) is 0 Å². The van der Waals surface area contributed by atoms with Crippen molar-refractivity contribution in [1.82, 2.24) is 9.80 Å². The van der Waals surface area contributed by atoms with Gasteiger partial charge in [-0.15, -0.1) is 11.3 Å². The van der Waals surface area contributed by atoms with Crippen LogP contribution in [0.4, 0.5) is 5.69 Å². The number of nitrogens with one attached hydrogen (secondary N) is 1. The minimum absolute atomic E-state index is 0.160. The molecule has 1 aliphatic heterocycles. The van der Waals surface area contributed by atoms with E-state index in [2.05, 4.69) is 16.3 Å². The molecule has 0 spiro atoms. The molecule has 1 amide bonds. The van der Waals surface area contributed by atoms with Crippen LogP contribution in [0.15, 0.2) is 42.5 Å². The molecule has 1 fully saturated rings. The summed E-state index contributed by atoms with van der Waals surface area (Å²) in [5.41, 5.74) is 0.981. The Hall–Kier alpha value is -1.56. The number of carbonyl (C=O) groups is 1. The molecule has 0 atom stereocenters. The maximum atomic E-state index is 12.3. The Morgan fingerprint density at radius 3 is 2.48 bits per heavy atom. The molecule has 2 heterocycles. The first-order valence-corrected chi connectivity index (χ1v) is 8.93. The molecular weight excluding hydrogens is 330 g/mol. The summed E-state index contributed by atoms with van der Waals surface area (Å²) < 4.78 is 0.834. The molecule has 0 unspecified atom stereocenters. The van der Waals surface area contributed by atoms with Gasteiger partial charge >= 0.3 is 0 Å². The molecule has 0 aliphatic carbocycles. The summed E-state index contributed by atoms with van der Waals surface area (Å²) in [7, 11) is 0. The van der Waals surface area contributed by atoms with Gasteiger partial charge < -0.3 is 10.2 Å². The summed E-state index contributed by atoms with van der Waals surface area (Å²) in [6, 6.07) is 13.8. The van der Waals surface area contributed by atoms with Gasteiger partial charge in [0, 0.05) is 43.3 Å². The molecule has 1 aliphatic rings. The lowest BCUT2D eigenvalue weighted by Gasteiger charge is -2.34. The van der Waals surface area contributed by atoms with Crippen molar-refractivity contribution >= 4 is 34.5 Å². The number of piperazine rings is 1. The highest BCUT2D eigenvalue weighted by Gasteiger charge is 2.21. The van der Waals surface area contributed by atoms with E-state index < -0.39 is 0 Å². The molecule has 1 aromatic carbocycles. The molecule has 1 N–H and O–H groups in total. The van der Waals surface area contributed by atoms with Crippen LogP contribution in [0.5, 0.6) is 0 Å². The minimum Gasteiger partial charge on any atom is -0.376 e. The number of nitrogens with zero attached hydrogens (tertiary/aromatic N) is 2. The molecule has 3 rings (SSSR count). The Balaban J connectivity index is 1.42. The molecule has 0 bridgehead atoms. The zero-order valence-electron chi connectivity index (χ0n) is 12.9. The van der Waals surface area contributed by atoms with E-state index in [0.717, 1.165) is 42.7 Å². The van der Waals surface area contributed by atoms with Crippen molar-refractivity contribution in [3.05, 3.63) is 51.7 Å². The van der Waals surface area contributed by atoms with Crippen molar-refractivity contribution in [2.75, 3.05) is 38.0 Å². The summed E-state index contributed by atoms with van der Waals surface area (Å²) in [6.45, 7) is 4.66. The van der Waals surface area contributed by atoms with Gasteiger partial charge in [0.05, 0.1) is 10.9 Å². The highest BCUT2D eigenvalue weighted by atomic mass is 35.5. The number of rotatable bonds is 5. The van der Waals surface area contributed by atoms with E-state index in [0.29, 0.717) is 6.54 Å². The Labute approximate surface area is 145 Å². The molecule has 1 saturated heterocycles. The highest BCUT2D eigenvalue weighted by Crippen LogP contribution is 2.23. The minimum atomic E-state index is 0.160. The van der Waals surface area contributed by atoms with Crippen LogP contribution in [0.25, 0.3) is 0 Å². The molecule has 2 aromatic rings. The predicted molar refractivity (Wildman–Crippen MR) is 96.1 cm³/mol. The summed E-state index contributed by atoms with van der Waals surface area (Å²) in [6.07, 6.45) is 0. The van der Waals surface area contributed by atoms with E-state index >= 15 is 0 Å². The lowest BCUT2D eigenvalue weighted by Crippen LogP contribution is -2.49. The van der Waals surface area contributed by atoms with Gasteiger partial charge in [-0.3, -0.25) is 9.69 Å². The number of benzene rings is 1. The van der Waals surface area contributed by atoms with E-state index in [-0.39, 0.29) is 5.91 Å². The largest absolute Gasteiger partial charge is 0.376 e. The summed E-state index contributed by atoms with van der Waals surface area (Å²) in [4.78, 5) is 17.9. The highest BCUT2D eigenvalue weighted by molar-refractivity contribution is 7.16. The Kier molecular flexibility index (Phi) is 5.54. The molecule has 0 saturated carbocycles. The van der Waals surface area contributed by atoms with E-state index in [4.69, 9.17) is 11.6 Å². The van der Waals surface area contributed by atoms with Crippen molar-refractivity contribution < 1.29 is 4.79 Å². The first-order chi connectivity index (χ1) is 11.2. The fraction of sp³-hybridized carbons (Fsp3) is 0.353. The number of halogens is 1. The van der Waals surface area contributed by atoms with Gasteiger partial charge in [0.2, 0.25) is 5.91 Å². The maximum absolute atomic E-state index is 12.3. The summed E-state index contributed by atoms with van der Waals surface area (Å²) in [5.74, 6) is 0.160.